The Morgan fingerprint density at radius 3 is 2.17 bits per heavy atom. The SMILES string of the molecule is COc1ccc(CCCCOC(=O)[C@@H]2CCCCN2C(=O)Oc2cc(OC)c(OC)c(OC)c2)cc1. The molecule has 1 amide bonds. The largest absolute Gasteiger partial charge is 0.497 e. The van der Waals surface area contributed by atoms with E-state index in [1.165, 1.54) is 31.8 Å². The summed E-state index contributed by atoms with van der Waals surface area (Å²) in [5.74, 6) is 1.78. The van der Waals surface area contributed by atoms with Crippen LogP contribution in [0, 0.1) is 0 Å². The summed E-state index contributed by atoms with van der Waals surface area (Å²) in [4.78, 5) is 27.2. The standard InChI is InChI=1S/C27H35NO8/c1-31-20-13-11-19(12-14-20)9-6-8-16-35-26(29)22-10-5-7-15-28(22)27(30)36-21-17-23(32-2)25(34-4)24(18-21)33-3/h11-14,17-18,22H,5-10,15-16H2,1-4H3/t22-/m0/s1. The molecule has 36 heavy (non-hydrogen) atoms. The van der Waals surface area contributed by atoms with Gasteiger partial charge in [-0.25, -0.2) is 9.59 Å². The van der Waals surface area contributed by atoms with Gasteiger partial charge in [0.1, 0.15) is 17.5 Å². The van der Waals surface area contributed by atoms with Gasteiger partial charge < -0.3 is 28.4 Å². The normalized spacial score (nSPS) is 15.1. The number of hydrogen-bond donors (Lipinski definition) is 0. The number of rotatable bonds is 11. The highest BCUT2D eigenvalue weighted by Gasteiger charge is 2.34. The molecule has 3 rings (SSSR count). The van der Waals surface area contributed by atoms with Gasteiger partial charge in [0, 0.05) is 18.7 Å². The minimum absolute atomic E-state index is 0.228. The third-order valence-corrected chi connectivity index (χ3v) is 6.12. The molecule has 1 saturated heterocycles. The predicted molar refractivity (Wildman–Crippen MR) is 133 cm³/mol. The lowest BCUT2D eigenvalue weighted by atomic mass is 10.0. The lowest BCUT2D eigenvalue weighted by molar-refractivity contribution is -0.150. The second kappa shape index (κ2) is 13.5. The van der Waals surface area contributed by atoms with Crippen molar-refractivity contribution in [3.05, 3.63) is 42.0 Å². The van der Waals surface area contributed by atoms with Crippen LogP contribution >= 0.6 is 0 Å². The van der Waals surface area contributed by atoms with E-state index in [-0.39, 0.29) is 5.75 Å². The molecule has 1 atom stereocenters. The first-order chi connectivity index (χ1) is 17.5. The van der Waals surface area contributed by atoms with E-state index in [1.807, 2.05) is 24.3 Å². The summed E-state index contributed by atoms with van der Waals surface area (Å²) in [6, 6.07) is 10.3. The topological polar surface area (TPSA) is 92.8 Å². The molecule has 0 aromatic heterocycles. The number of aryl methyl sites for hydroxylation is 1. The van der Waals surface area contributed by atoms with Crippen molar-refractivity contribution < 1.29 is 38.0 Å². The van der Waals surface area contributed by atoms with E-state index in [1.54, 1.807) is 19.2 Å². The molecule has 1 heterocycles. The zero-order chi connectivity index (χ0) is 25.9. The Morgan fingerprint density at radius 1 is 0.861 bits per heavy atom. The van der Waals surface area contributed by atoms with Crippen LogP contribution < -0.4 is 23.7 Å². The predicted octanol–water partition coefficient (Wildman–Crippen LogP) is 4.64. The van der Waals surface area contributed by atoms with E-state index in [9.17, 15) is 9.59 Å². The average molecular weight is 502 g/mol. The van der Waals surface area contributed by atoms with Gasteiger partial charge in [-0.15, -0.1) is 0 Å². The molecular formula is C27H35NO8. The van der Waals surface area contributed by atoms with Crippen molar-refractivity contribution >= 4 is 12.1 Å². The summed E-state index contributed by atoms with van der Waals surface area (Å²) in [5.41, 5.74) is 1.20. The van der Waals surface area contributed by atoms with Crippen LogP contribution in [-0.4, -0.2) is 64.6 Å². The maximum Gasteiger partial charge on any atom is 0.415 e. The number of piperidine rings is 1. The molecule has 2 aromatic rings. The summed E-state index contributed by atoms with van der Waals surface area (Å²) in [6.45, 7) is 0.724. The highest BCUT2D eigenvalue weighted by atomic mass is 16.6. The fourth-order valence-electron chi connectivity index (χ4n) is 4.16. The molecular weight excluding hydrogens is 466 g/mol. The number of methoxy groups -OCH3 is 4. The van der Waals surface area contributed by atoms with Crippen molar-refractivity contribution in [3.8, 4) is 28.7 Å². The molecule has 1 fully saturated rings. The number of esters is 1. The minimum atomic E-state index is -0.671. The van der Waals surface area contributed by atoms with Gasteiger partial charge in [0.05, 0.1) is 35.0 Å². The van der Waals surface area contributed by atoms with Crippen LogP contribution in [-0.2, 0) is 16.0 Å². The number of unbranched alkanes of at least 4 members (excludes halogenated alkanes) is 1. The van der Waals surface area contributed by atoms with E-state index >= 15 is 0 Å². The zero-order valence-electron chi connectivity index (χ0n) is 21.4. The van der Waals surface area contributed by atoms with Crippen molar-refractivity contribution in [2.45, 2.75) is 44.6 Å². The maximum absolute atomic E-state index is 13.0. The van der Waals surface area contributed by atoms with Gasteiger partial charge in [-0.2, -0.15) is 0 Å². The molecule has 0 aliphatic carbocycles. The van der Waals surface area contributed by atoms with E-state index in [4.69, 9.17) is 28.4 Å². The lowest BCUT2D eigenvalue weighted by Gasteiger charge is -2.33. The summed E-state index contributed by atoms with van der Waals surface area (Å²) in [6.07, 6.45) is 4.05. The quantitative estimate of drug-likeness (QED) is 0.325. The molecule has 0 N–H and O–H groups in total. The monoisotopic (exact) mass is 501 g/mol. The minimum Gasteiger partial charge on any atom is -0.497 e. The lowest BCUT2D eigenvalue weighted by Crippen LogP contribution is -2.49. The molecule has 0 unspecified atom stereocenters. The number of ether oxygens (including phenoxy) is 6. The fraction of sp³-hybridized carbons (Fsp3) is 0.481. The van der Waals surface area contributed by atoms with E-state index in [0.29, 0.717) is 36.8 Å². The molecule has 1 aliphatic heterocycles. The van der Waals surface area contributed by atoms with E-state index in [0.717, 1.165) is 37.9 Å². The molecule has 196 valence electrons. The average Bonchev–Trinajstić information content (AvgIpc) is 2.92. The van der Waals surface area contributed by atoms with Crippen LogP contribution in [0.5, 0.6) is 28.7 Å². The molecule has 1 aliphatic rings. The van der Waals surface area contributed by atoms with Gasteiger partial charge >= 0.3 is 12.1 Å². The van der Waals surface area contributed by atoms with Crippen LogP contribution in [0.25, 0.3) is 0 Å². The first-order valence-electron chi connectivity index (χ1n) is 12.1. The number of carbonyl (C=O) groups excluding carboxylic acids is 2. The molecule has 0 spiro atoms. The fourth-order valence-corrected chi connectivity index (χ4v) is 4.16. The Labute approximate surface area is 212 Å². The van der Waals surface area contributed by atoms with Gasteiger partial charge in [0.15, 0.2) is 11.5 Å². The molecule has 9 heteroatoms. The summed E-state index contributed by atoms with van der Waals surface area (Å²) in [7, 11) is 6.10. The van der Waals surface area contributed by atoms with Crippen LogP contribution in [0.3, 0.4) is 0 Å². The molecule has 9 nitrogen and oxygen atoms in total. The van der Waals surface area contributed by atoms with E-state index < -0.39 is 18.1 Å². The Morgan fingerprint density at radius 2 is 1.56 bits per heavy atom. The zero-order valence-corrected chi connectivity index (χ0v) is 21.4. The van der Waals surface area contributed by atoms with Gasteiger partial charge in [-0.05, 0) is 56.2 Å². The second-order valence-electron chi connectivity index (χ2n) is 8.41. The van der Waals surface area contributed by atoms with Crippen molar-refractivity contribution in [1.82, 2.24) is 4.90 Å². The van der Waals surface area contributed by atoms with Crippen LogP contribution in [0.15, 0.2) is 36.4 Å². The van der Waals surface area contributed by atoms with Crippen molar-refractivity contribution in [2.24, 2.45) is 0 Å². The number of amides is 1. The third-order valence-electron chi connectivity index (χ3n) is 6.12. The van der Waals surface area contributed by atoms with Crippen molar-refractivity contribution in [3.63, 3.8) is 0 Å². The van der Waals surface area contributed by atoms with Crippen LogP contribution in [0.4, 0.5) is 4.79 Å². The first kappa shape index (κ1) is 27.0. The maximum atomic E-state index is 13.0. The molecule has 2 aromatic carbocycles. The Hall–Kier alpha value is -3.62. The number of hydrogen-bond acceptors (Lipinski definition) is 8. The molecule has 0 bridgehead atoms. The Kier molecular flexibility index (Phi) is 10.1. The molecule has 0 radical (unpaired) electrons. The highest BCUT2D eigenvalue weighted by molar-refractivity contribution is 5.82. The molecule has 0 saturated carbocycles. The Bertz CT molecular complexity index is 982. The smallest absolute Gasteiger partial charge is 0.415 e. The Balaban J connectivity index is 1.53. The second-order valence-corrected chi connectivity index (χ2v) is 8.41. The summed E-state index contributed by atoms with van der Waals surface area (Å²) >= 11 is 0. The van der Waals surface area contributed by atoms with Gasteiger partial charge in [0.2, 0.25) is 5.75 Å². The number of carbonyl (C=O) groups is 2. The van der Waals surface area contributed by atoms with Crippen LogP contribution in [0.2, 0.25) is 0 Å². The highest BCUT2D eigenvalue weighted by Crippen LogP contribution is 2.41. The van der Waals surface area contributed by atoms with E-state index in [2.05, 4.69) is 0 Å². The van der Waals surface area contributed by atoms with Gasteiger partial charge in [0.25, 0.3) is 0 Å². The summed E-state index contributed by atoms with van der Waals surface area (Å²) < 4.78 is 32.2. The number of likely N-dealkylation sites (tertiary alicyclic amines) is 1. The van der Waals surface area contributed by atoms with Crippen molar-refractivity contribution in [1.29, 1.82) is 0 Å². The first-order valence-corrected chi connectivity index (χ1v) is 12.1. The van der Waals surface area contributed by atoms with Crippen molar-refractivity contribution in [2.75, 3.05) is 41.6 Å². The van der Waals surface area contributed by atoms with Crippen LogP contribution in [0.1, 0.15) is 37.7 Å². The summed E-state index contributed by atoms with van der Waals surface area (Å²) in [5, 5.41) is 0. The van der Waals surface area contributed by atoms with Gasteiger partial charge in [-0.1, -0.05) is 12.1 Å². The number of benzene rings is 2. The third kappa shape index (κ3) is 6.96. The number of nitrogens with zero attached hydrogens (tertiary/aromatic N) is 1. The van der Waals surface area contributed by atoms with Gasteiger partial charge in [-0.3, -0.25) is 4.90 Å².